The highest BCUT2D eigenvalue weighted by molar-refractivity contribution is 7.99. The Balaban J connectivity index is 1.87. The first-order valence-corrected chi connectivity index (χ1v) is 10.4. The fraction of sp³-hybridized carbons (Fsp3) is 0.333. The van der Waals surface area contributed by atoms with Crippen LogP contribution >= 0.6 is 11.8 Å². The van der Waals surface area contributed by atoms with E-state index in [9.17, 15) is 9.50 Å². The molecule has 1 N–H and O–H groups in total. The molecule has 0 aliphatic rings. The summed E-state index contributed by atoms with van der Waals surface area (Å²) in [5.74, 6) is 0.903. The third-order valence-electron chi connectivity index (χ3n) is 4.52. The Morgan fingerprint density at radius 2 is 1.71 bits per heavy atom. The average Bonchev–Trinajstić information content (AvgIpc) is 3.15. The molecule has 3 rings (SSSR count). The third-order valence-corrected chi connectivity index (χ3v) is 5.59. The fourth-order valence-electron chi connectivity index (χ4n) is 2.96. The van der Waals surface area contributed by atoms with Crippen molar-refractivity contribution in [2.24, 2.45) is 0 Å². The van der Waals surface area contributed by atoms with Gasteiger partial charge in [0.1, 0.15) is 5.82 Å². The van der Waals surface area contributed by atoms with Crippen molar-refractivity contribution >= 4 is 11.8 Å². The van der Waals surface area contributed by atoms with Gasteiger partial charge in [-0.15, -0.1) is 10.2 Å². The highest BCUT2D eigenvalue weighted by Crippen LogP contribution is 2.28. The molecule has 2 aromatic carbocycles. The van der Waals surface area contributed by atoms with E-state index in [4.69, 9.17) is 0 Å². The topological polar surface area (TPSA) is 54.2 Å². The highest BCUT2D eigenvalue weighted by Gasteiger charge is 2.18. The Bertz CT molecular complexity index is 866. The van der Waals surface area contributed by atoms with Crippen molar-refractivity contribution in [1.29, 1.82) is 0 Å². The molecule has 0 radical (unpaired) electrons. The van der Waals surface area contributed by atoms with Gasteiger partial charge in [-0.3, -0.25) is 4.57 Å². The molecule has 28 heavy (non-hydrogen) atoms. The molecule has 0 saturated heterocycles. The van der Waals surface area contributed by atoms with Gasteiger partial charge in [-0.2, -0.15) is 0 Å². The van der Waals surface area contributed by atoms with Crippen LogP contribution in [0.4, 0.5) is 4.39 Å². The van der Waals surface area contributed by atoms with Gasteiger partial charge in [0.25, 0.3) is 0 Å². The number of hydrogen-bond acceptors (Lipinski definition) is 5. The van der Waals surface area contributed by atoms with Gasteiger partial charge in [0, 0.05) is 23.5 Å². The SMILES string of the molecule is CCN(CC)C[C@H](O)CSc1nnc(-c2ccccc2)n1-c1ccc(F)cc1. The lowest BCUT2D eigenvalue weighted by molar-refractivity contribution is 0.136. The molecule has 7 heteroatoms. The lowest BCUT2D eigenvalue weighted by atomic mass is 10.2. The molecule has 1 heterocycles. The number of aliphatic hydroxyl groups excluding tert-OH is 1. The molecule has 0 aliphatic carbocycles. The van der Waals surface area contributed by atoms with E-state index in [0.29, 0.717) is 23.3 Å². The Hall–Kier alpha value is -2.22. The van der Waals surface area contributed by atoms with Crippen LogP contribution in [0, 0.1) is 5.82 Å². The van der Waals surface area contributed by atoms with E-state index in [-0.39, 0.29) is 5.82 Å². The number of nitrogens with zero attached hydrogens (tertiary/aromatic N) is 4. The maximum Gasteiger partial charge on any atom is 0.196 e. The molecule has 0 saturated carbocycles. The molecule has 0 spiro atoms. The van der Waals surface area contributed by atoms with Crippen LogP contribution < -0.4 is 0 Å². The smallest absolute Gasteiger partial charge is 0.196 e. The van der Waals surface area contributed by atoms with E-state index in [1.165, 1.54) is 23.9 Å². The lowest BCUT2D eigenvalue weighted by Crippen LogP contribution is -2.33. The van der Waals surface area contributed by atoms with Gasteiger partial charge in [0.05, 0.1) is 6.10 Å². The van der Waals surface area contributed by atoms with Gasteiger partial charge >= 0.3 is 0 Å². The number of benzene rings is 2. The van der Waals surface area contributed by atoms with E-state index < -0.39 is 6.10 Å². The second-order valence-corrected chi connectivity index (χ2v) is 7.42. The first-order valence-electron chi connectivity index (χ1n) is 9.42. The summed E-state index contributed by atoms with van der Waals surface area (Å²) in [4.78, 5) is 2.19. The molecule has 5 nitrogen and oxygen atoms in total. The monoisotopic (exact) mass is 400 g/mol. The molecule has 0 amide bonds. The number of likely N-dealkylation sites (N-methyl/N-ethyl adjacent to an activating group) is 1. The third kappa shape index (κ3) is 4.98. The Labute approximate surface area is 169 Å². The van der Waals surface area contributed by atoms with Crippen LogP contribution in [0.1, 0.15) is 13.8 Å². The fourth-order valence-corrected chi connectivity index (χ4v) is 3.83. The largest absolute Gasteiger partial charge is 0.391 e. The van der Waals surface area contributed by atoms with Crippen molar-refractivity contribution in [1.82, 2.24) is 19.7 Å². The highest BCUT2D eigenvalue weighted by atomic mass is 32.2. The zero-order chi connectivity index (χ0) is 19.9. The zero-order valence-electron chi connectivity index (χ0n) is 16.1. The quantitative estimate of drug-likeness (QED) is 0.553. The number of aliphatic hydroxyl groups is 1. The van der Waals surface area contributed by atoms with Gasteiger partial charge < -0.3 is 10.0 Å². The number of thioether (sulfide) groups is 1. The molecule has 1 atom stereocenters. The lowest BCUT2D eigenvalue weighted by Gasteiger charge is -2.21. The molecule has 0 aliphatic heterocycles. The molecule has 3 aromatic rings. The number of rotatable bonds is 9. The van der Waals surface area contributed by atoms with Crippen molar-refractivity contribution in [3.05, 3.63) is 60.4 Å². The normalized spacial score (nSPS) is 12.5. The molecule has 1 aromatic heterocycles. The van der Waals surface area contributed by atoms with E-state index in [1.807, 2.05) is 34.9 Å². The minimum absolute atomic E-state index is 0.290. The molecular formula is C21H25FN4OS. The summed E-state index contributed by atoms with van der Waals surface area (Å²) < 4.78 is 15.3. The summed E-state index contributed by atoms with van der Waals surface area (Å²) in [7, 11) is 0. The van der Waals surface area contributed by atoms with E-state index >= 15 is 0 Å². The number of halogens is 1. The van der Waals surface area contributed by atoms with Crippen molar-refractivity contribution < 1.29 is 9.50 Å². The van der Waals surface area contributed by atoms with Crippen LogP contribution in [0.15, 0.2) is 59.8 Å². The predicted molar refractivity (Wildman–Crippen MR) is 111 cm³/mol. The van der Waals surface area contributed by atoms with Gasteiger partial charge in [-0.25, -0.2) is 4.39 Å². The van der Waals surface area contributed by atoms with E-state index in [2.05, 4.69) is 28.9 Å². The zero-order valence-corrected chi connectivity index (χ0v) is 16.9. The summed E-state index contributed by atoms with van der Waals surface area (Å²) >= 11 is 1.45. The predicted octanol–water partition coefficient (Wildman–Crippen LogP) is 3.87. The van der Waals surface area contributed by atoms with Crippen LogP contribution in [-0.2, 0) is 0 Å². The minimum Gasteiger partial charge on any atom is -0.391 e. The summed E-state index contributed by atoms with van der Waals surface area (Å²) in [6.07, 6.45) is -0.469. The molecular weight excluding hydrogens is 375 g/mol. The van der Waals surface area contributed by atoms with Crippen molar-refractivity contribution in [2.75, 3.05) is 25.4 Å². The molecule has 148 valence electrons. The van der Waals surface area contributed by atoms with E-state index in [0.717, 1.165) is 24.3 Å². The van der Waals surface area contributed by atoms with Gasteiger partial charge in [-0.1, -0.05) is 55.9 Å². The second-order valence-electron chi connectivity index (χ2n) is 6.43. The first-order chi connectivity index (χ1) is 13.6. The number of hydrogen-bond donors (Lipinski definition) is 1. The van der Waals surface area contributed by atoms with Crippen LogP contribution in [0.5, 0.6) is 0 Å². The van der Waals surface area contributed by atoms with Gasteiger partial charge in [0.15, 0.2) is 11.0 Å². The average molecular weight is 401 g/mol. The standard InChI is InChI=1S/C21H25FN4OS/c1-3-25(4-2)14-19(27)15-28-21-24-23-20(16-8-6-5-7-9-16)26(21)18-12-10-17(22)11-13-18/h5-13,19,27H,3-4,14-15H2,1-2H3/t19-/m0/s1. The Morgan fingerprint density at radius 3 is 2.36 bits per heavy atom. The maximum absolute atomic E-state index is 13.4. The molecule has 0 bridgehead atoms. The van der Waals surface area contributed by atoms with Crippen LogP contribution in [0.2, 0.25) is 0 Å². The number of aromatic nitrogens is 3. The van der Waals surface area contributed by atoms with Crippen LogP contribution in [0.3, 0.4) is 0 Å². The van der Waals surface area contributed by atoms with E-state index in [1.54, 1.807) is 12.1 Å². The van der Waals surface area contributed by atoms with Crippen LogP contribution in [0.25, 0.3) is 17.1 Å². The van der Waals surface area contributed by atoms with Crippen molar-refractivity contribution in [2.45, 2.75) is 25.1 Å². The summed E-state index contributed by atoms with van der Waals surface area (Å²) in [5.41, 5.74) is 1.71. The molecule has 0 unspecified atom stereocenters. The van der Waals surface area contributed by atoms with Gasteiger partial charge in [-0.05, 0) is 37.4 Å². The second kappa shape index (κ2) is 9.82. The Morgan fingerprint density at radius 1 is 1.04 bits per heavy atom. The van der Waals surface area contributed by atoms with Crippen molar-refractivity contribution in [3.8, 4) is 17.1 Å². The van der Waals surface area contributed by atoms with Gasteiger partial charge in [0.2, 0.25) is 0 Å². The maximum atomic E-state index is 13.4. The van der Waals surface area contributed by atoms with Crippen molar-refractivity contribution in [3.63, 3.8) is 0 Å². The Kier molecular flexibility index (Phi) is 7.19. The van der Waals surface area contributed by atoms with Crippen LogP contribution in [-0.4, -0.2) is 56.3 Å². The summed E-state index contributed by atoms with van der Waals surface area (Å²) in [6, 6.07) is 16.0. The molecule has 0 fully saturated rings. The first kappa shape index (κ1) is 20.5. The minimum atomic E-state index is -0.469. The summed E-state index contributed by atoms with van der Waals surface area (Å²) in [6.45, 7) is 6.60. The summed E-state index contributed by atoms with van der Waals surface area (Å²) in [5, 5.41) is 19.8.